The lowest BCUT2D eigenvalue weighted by Gasteiger charge is -2.01. The van der Waals surface area contributed by atoms with E-state index in [1.165, 1.54) is 0 Å². The van der Waals surface area contributed by atoms with Crippen LogP contribution in [-0.2, 0) is 0 Å². The molecular formula is C19H11BrClNO. The van der Waals surface area contributed by atoms with Crippen molar-refractivity contribution in [3.8, 4) is 17.4 Å². The van der Waals surface area contributed by atoms with Crippen molar-refractivity contribution in [2.75, 3.05) is 0 Å². The fraction of sp³-hybridized carbons (Fsp3) is 0. The van der Waals surface area contributed by atoms with Crippen LogP contribution in [-0.4, -0.2) is 0 Å². The van der Waals surface area contributed by atoms with Crippen LogP contribution in [0.15, 0.2) is 69.6 Å². The molecule has 0 aliphatic heterocycles. The largest absolute Gasteiger partial charge is 0.457 e. The molecule has 112 valence electrons. The SMILES string of the molecule is N#CC(=Cc1ccc(-c2ccc(Br)cc2)o1)c1ccccc1Cl. The molecule has 0 saturated carbocycles. The molecule has 0 unspecified atom stereocenters. The average molecular weight is 385 g/mol. The molecular weight excluding hydrogens is 374 g/mol. The number of benzene rings is 2. The number of allylic oxidation sites excluding steroid dienone is 1. The van der Waals surface area contributed by atoms with E-state index < -0.39 is 0 Å². The van der Waals surface area contributed by atoms with Crippen molar-refractivity contribution < 1.29 is 4.42 Å². The van der Waals surface area contributed by atoms with E-state index in [9.17, 15) is 5.26 Å². The Labute approximate surface area is 147 Å². The van der Waals surface area contributed by atoms with Gasteiger partial charge in [-0.2, -0.15) is 5.26 Å². The topological polar surface area (TPSA) is 36.9 Å². The van der Waals surface area contributed by atoms with E-state index >= 15 is 0 Å². The van der Waals surface area contributed by atoms with Gasteiger partial charge in [-0.15, -0.1) is 0 Å². The van der Waals surface area contributed by atoms with Gasteiger partial charge in [0.05, 0.1) is 11.6 Å². The zero-order valence-corrected chi connectivity index (χ0v) is 14.3. The number of nitriles is 1. The quantitative estimate of drug-likeness (QED) is 0.488. The maximum absolute atomic E-state index is 9.40. The third kappa shape index (κ3) is 3.56. The van der Waals surface area contributed by atoms with Crippen molar-refractivity contribution in [1.82, 2.24) is 0 Å². The molecule has 2 nitrogen and oxygen atoms in total. The van der Waals surface area contributed by atoms with Gasteiger partial charge in [-0.3, -0.25) is 0 Å². The highest BCUT2D eigenvalue weighted by Gasteiger charge is 2.08. The van der Waals surface area contributed by atoms with Gasteiger partial charge in [0.1, 0.15) is 11.5 Å². The molecule has 0 saturated heterocycles. The van der Waals surface area contributed by atoms with Gasteiger partial charge < -0.3 is 4.42 Å². The summed E-state index contributed by atoms with van der Waals surface area (Å²) in [4.78, 5) is 0. The first-order valence-corrected chi connectivity index (χ1v) is 8.07. The molecule has 0 fully saturated rings. The molecule has 3 aromatic rings. The molecule has 0 aliphatic carbocycles. The van der Waals surface area contributed by atoms with Crippen LogP contribution < -0.4 is 0 Å². The molecule has 0 N–H and O–H groups in total. The second-order valence-corrected chi connectivity index (χ2v) is 6.18. The number of hydrogen-bond donors (Lipinski definition) is 0. The fourth-order valence-corrected chi connectivity index (χ4v) is 2.69. The van der Waals surface area contributed by atoms with Crippen LogP contribution in [0.25, 0.3) is 23.0 Å². The molecule has 4 heteroatoms. The first-order valence-electron chi connectivity index (χ1n) is 6.90. The van der Waals surface area contributed by atoms with Crippen molar-refractivity contribution in [3.63, 3.8) is 0 Å². The summed E-state index contributed by atoms with van der Waals surface area (Å²) in [6.45, 7) is 0. The Balaban J connectivity index is 1.95. The van der Waals surface area contributed by atoms with Crippen LogP contribution in [0, 0.1) is 11.3 Å². The van der Waals surface area contributed by atoms with Gasteiger partial charge >= 0.3 is 0 Å². The van der Waals surface area contributed by atoms with Crippen LogP contribution in [0.2, 0.25) is 5.02 Å². The second-order valence-electron chi connectivity index (χ2n) is 4.86. The smallest absolute Gasteiger partial charge is 0.134 e. The number of halogens is 2. The van der Waals surface area contributed by atoms with E-state index in [0.29, 0.717) is 21.9 Å². The molecule has 1 aromatic heterocycles. The predicted octanol–water partition coefficient (Wildman–Crippen LogP) is 6.43. The van der Waals surface area contributed by atoms with Crippen molar-refractivity contribution in [2.45, 2.75) is 0 Å². The van der Waals surface area contributed by atoms with Crippen LogP contribution in [0.4, 0.5) is 0 Å². The molecule has 23 heavy (non-hydrogen) atoms. The molecule has 3 rings (SSSR count). The van der Waals surface area contributed by atoms with Gasteiger partial charge in [0.15, 0.2) is 0 Å². The molecule has 0 bridgehead atoms. The van der Waals surface area contributed by atoms with E-state index in [4.69, 9.17) is 16.0 Å². The molecule has 0 radical (unpaired) electrons. The van der Waals surface area contributed by atoms with Crippen molar-refractivity contribution in [1.29, 1.82) is 5.26 Å². The monoisotopic (exact) mass is 383 g/mol. The minimum Gasteiger partial charge on any atom is -0.457 e. The normalized spacial score (nSPS) is 11.3. The summed E-state index contributed by atoms with van der Waals surface area (Å²) in [5.74, 6) is 1.36. The lowest BCUT2D eigenvalue weighted by atomic mass is 10.1. The maximum atomic E-state index is 9.40. The number of furan rings is 1. The third-order valence-electron chi connectivity index (χ3n) is 3.33. The third-order valence-corrected chi connectivity index (χ3v) is 4.18. The van der Waals surface area contributed by atoms with Gasteiger partial charge in [0.25, 0.3) is 0 Å². The second kappa shape index (κ2) is 6.87. The number of nitrogens with zero attached hydrogens (tertiary/aromatic N) is 1. The maximum Gasteiger partial charge on any atom is 0.134 e. The fourth-order valence-electron chi connectivity index (χ4n) is 2.19. The molecule has 0 aliphatic rings. The summed E-state index contributed by atoms with van der Waals surface area (Å²) >= 11 is 9.56. The van der Waals surface area contributed by atoms with Crippen LogP contribution in [0.3, 0.4) is 0 Å². The zero-order valence-electron chi connectivity index (χ0n) is 12.0. The summed E-state index contributed by atoms with van der Waals surface area (Å²) in [5.41, 5.74) is 2.13. The average Bonchev–Trinajstić information content (AvgIpc) is 3.03. The van der Waals surface area contributed by atoms with Crippen molar-refractivity contribution in [2.24, 2.45) is 0 Å². The summed E-state index contributed by atoms with van der Waals surface area (Å²) in [5, 5.41) is 9.94. The number of rotatable bonds is 3. The van der Waals surface area contributed by atoms with E-state index in [1.54, 1.807) is 12.1 Å². The highest BCUT2D eigenvalue weighted by molar-refractivity contribution is 9.10. The van der Waals surface area contributed by atoms with Gasteiger partial charge in [0.2, 0.25) is 0 Å². The lowest BCUT2D eigenvalue weighted by Crippen LogP contribution is -1.82. The standard InChI is InChI=1S/C19H11BrClNO/c20-15-7-5-13(6-8-15)19-10-9-16(23-19)11-14(12-22)17-3-1-2-4-18(17)21/h1-11H. The van der Waals surface area contributed by atoms with Crippen molar-refractivity contribution in [3.05, 3.63) is 81.5 Å². The van der Waals surface area contributed by atoms with E-state index in [0.717, 1.165) is 15.8 Å². The Morgan fingerprint density at radius 3 is 2.48 bits per heavy atom. The molecule has 0 atom stereocenters. The van der Waals surface area contributed by atoms with Gasteiger partial charge in [-0.1, -0.05) is 57.9 Å². The summed E-state index contributed by atoms with van der Waals surface area (Å²) in [6.07, 6.45) is 1.70. The van der Waals surface area contributed by atoms with Gasteiger partial charge in [-0.05, 0) is 36.4 Å². The van der Waals surface area contributed by atoms with Crippen LogP contribution >= 0.6 is 27.5 Å². The van der Waals surface area contributed by atoms with E-state index in [-0.39, 0.29) is 0 Å². The molecule has 1 heterocycles. The number of hydrogen-bond acceptors (Lipinski definition) is 2. The Kier molecular flexibility index (Phi) is 4.66. The van der Waals surface area contributed by atoms with Gasteiger partial charge in [0, 0.05) is 20.6 Å². The predicted molar refractivity (Wildman–Crippen MR) is 96.8 cm³/mol. The highest BCUT2D eigenvalue weighted by atomic mass is 79.9. The minimum atomic E-state index is 0.465. The highest BCUT2D eigenvalue weighted by Crippen LogP contribution is 2.28. The van der Waals surface area contributed by atoms with Gasteiger partial charge in [-0.25, -0.2) is 0 Å². The van der Waals surface area contributed by atoms with Crippen molar-refractivity contribution >= 4 is 39.2 Å². The Hall–Kier alpha value is -2.28. The summed E-state index contributed by atoms with van der Waals surface area (Å²) in [6, 6.07) is 21.0. The van der Waals surface area contributed by atoms with Crippen LogP contribution in [0.1, 0.15) is 11.3 Å². The first kappa shape index (κ1) is 15.6. The first-order chi connectivity index (χ1) is 11.2. The van der Waals surface area contributed by atoms with E-state index in [2.05, 4.69) is 22.0 Å². The summed E-state index contributed by atoms with van der Waals surface area (Å²) in [7, 11) is 0. The molecule has 0 amide bonds. The Bertz CT molecular complexity index is 904. The lowest BCUT2D eigenvalue weighted by molar-refractivity contribution is 0.572. The molecule has 2 aromatic carbocycles. The minimum absolute atomic E-state index is 0.465. The Morgan fingerprint density at radius 1 is 1.04 bits per heavy atom. The zero-order chi connectivity index (χ0) is 16.2. The van der Waals surface area contributed by atoms with E-state index in [1.807, 2.05) is 54.6 Å². The Morgan fingerprint density at radius 2 is 1.78 bits per heavy atom. The summed E-state index contributed by atoms with van der Waals surface area (Å²) < 4.78 is 6.83. The molecule has 0 spiro atoms. The van der Waals surface area contributed by atoms with Crippen LogP contribution in [0.5, 0.6) is 0 Å².